The monoisotopic (exact) mass is 315 g/mol. The molecule has 1 aromatic rings. The van der Waals surface area contributed by atoms with Crippen molar-refractivity contribution >= 4 is 15.9 Å². The second-order valence-corrected chi connectivity index (χ2v) is 6.06. The molecule has 0 fully saturated rings. The second-order valence-electron chi connectivity index (χ2n) is 5.27. The third-order valence-electron chi connectivity index (χ3n) is 2.93. The van der Waals surface area contributed by atoms with Crippen LogP contribution >= 0.6 is 15.9 Å². The summed E-state index contributed by atoms with van der Waals surface area (Å²) in [5.41, 5.74) is 7.85. The first-order valence-corrected chi connectivity index (χ1v) is 6.77. The number of halogens is 1. The van der Waals surface area contributed by atoms with E-state index in [1.165, 1.54) is 0 Å². The van der Waals surface area contributed by atoms with E-state index < -0.39 is 5.54 Å². The standard InChI is InChI=1S/C14H22BrNO2/c1-8(2)9-7-10(14(3,4)16)13(18-6)11(15)12(9)17-5/h7-8H,16H2,1-6H3. The summed E-state index contributed by atoms with van der Waals surface area (Å²) in [7, 11) is 3.31. The maximum atomic E-state index is 6.22. The summed E-state index contributed by atoms with van der Waals surface area (Å²) in [4.78, 5) is 0. The van der Waals surface area contributed by atoms with Crippen LogP contribution in [0.25, 0.3) is 0 Å². The molecule has 0 atom stereocenters. The highest BCUT2D eigenvalue weighted by Gasteiger charge is 2.26. The number of nitrogens with two attached hydrogens (primary N) is 1. The fourth-order valence-corrected chi connectivity index (χ4v) is 2.72. The Morgan fingerprint density at radius 1 is 1.17 bits per heavy atom. The lowest BCUT2D eigenvalue weighted by Gasteiger charge is -2.26. The Kier molecular flexibility index (Phi) is 4.67. The fourth-order valence-electron chi connectivity index (χ4n) is 1.95. The van der Waals surface area contributed by atoms with Crippen LogP contribution in [0.3, 0.4) is 0 Å². The summed E-state index contributed by atoms with van der Waals surface area (Å²) in [6.45, 7) is 8.19. The Hall–Kier alpha value is -0.740. The number of hydrogen-bond donors (Lipinski definition) is 1. The second kappa shape index (κ2) is 5.49. The molecule has 0 aromatic heterocycles. The highest BCUT2D eigenvalue weighted by Crippen LogP contribution is 2.45. The van der Waals surface area contributed by atoms with Crippen LogP contribution in [0.15, 0.2) is 10.5 Å². The molecule has 18 heavy (non-hydrogen) atoms. The highest BCUT2D eigenvalue weighted by atomic mass is 79.9. The molecular weight excluding hydrogens is 294 g/mol. The van der Waals surface area contributed by atoms with E-state index in [4.69, 9.17) is 15.2 Å². The van der Waals surface area contributed by atoms with Gasteiger partial charge in [0, 0.05) is 11.1 Å². The van der Waals surface area contributed by atoms with Gasteiger partial charge in [0.05, 0.1) is 14.2 Å². The number of ether oxygens (including phenoxy) is 2. The minimum atomic E-state index is -0.468. The molecule has 0 bridgehead atoms. The van der Waals surface area contributed by atoms with Gasteiger partial charge >= 0.3 is 0 Å². The van der Waals surface area contributed by atoms with Crippen LogP contribution in [0.2, 0.25) is 0 Å². The number of methoxy groups -OCH3 is 2. The van der Waals surface area contributed by atoms with Gasteiger partial charge in [-0.2, -0.15) is 0 Å². The van der Waals surface area contributed by atoms with Crippen molar-refractivity contribution in [2.45, 2.75) is 39.2 Å². The summed E-state index contributed by atoms with van der Waals surface area (Å²) >= 11 is 3.56. The average molecular weight is 316 g/mol. The summed E-state index contributed by atoms with van der Waals surface area (Å²) in [5, 5.41) is 0. The van der Waals surface area contributed by atoms with Gasteiger partial charge in [-0.25, -0.2) is 0 Å². The quantitative estimate of drug-likeness (QED) is 0.919. The minimum absolute atomic E-state index is 0.350. The lowest BCUT2D eigenvalue weighted by atomic mass is 9.89. The Labute approximate surface area is 118 Å². The molecule has 0 amide bonds. The highest BCUT2D eigenvalue weighted by molar-refractivity contribution is 9.10. The summed E-state index contributed by atoms with van der Waals surface area (Å²) in [6, 6.07) is 2.08. The molecular formula is C14H22BrNO2. The maximum absolute atomic E-state index is 6.22. The van der Waals surface area contributed by atoms with E-state index in [1.807, 2.05) is 13.8 Å². The Morgan fingerprint density at radius 3 is 2.00 bits per heavy atom. The Morgan fingerprint density at radius 2 is 1.67 bits per heavy atom. The van der Waals surface area contributed by atoms with Gasteiger partial charge < -0.3 is 15.2 Å². The molecule has 0 spiro atoms. The molecule has 0 heterocycles. The van der Waals surface area contributed by atoms with Crippen molar-refractivity contribution in [3.05, 3.63) is 21.7 Å². The Bertz CT molecular complexity index is 436. The van der Waals surface area contributed by atoms with E-state index in [9.17, 15) is 0 Å². The van der Waals surface area contributed by atoms with E-state index >= 15 is 0 Å². The zero-order valence-corrected chi connectivity index (χ0v) is 13.5. The van der Waals surface area contributed by atoms with Crippen LogP contribution in [0.1, 0.15) is 44.7 Å². The van der Waals surface area contributed by atoms with E-state index in [-0.39, 0.29) is 0 Å². The van der Waals surface area contributed by atoms with Gasteiger partial charge in [-0.3, -0.25) is 0 Å². The molecule has 0 saturated carbocycles. The lowest BCUT2D eigenvalue weighted by Crippen LogP contribution is -2.29. The maximum Gasteiger partial charge on any atom is 0.141 e. The van der Waals surface area contributed by atoms with Gasteiger partial charge in [0.15, 0.2) is 0 Å². The van der Waals surface area contributed by atoms with Crippen LogP contribution in [0.5, 0.6) is 11.5 Å². The van der Waals surface area contributed by atoms with E-state index in [1.54, 1.807) is 14.2 Å². The molecule has 0 aliphatic rings. The predicted molar refractivity (Wildman–Crippen MR) is 78.5 cm³/mol. The van der Waals surface area contributed by atoms with Gasteiger partial charge in [-0.1, -0.05) is 13.8 Å². The SMILES string of the molecule is COc1c(C(C)C)cc(C(C)(C)N)c(OC)c1Br. The van der Waals surface area contributed by atoms with Crippen LogP contribution in [0.4, 0.5) is 0 Å². The first-order chi connectivity index (χ1) is 8.23. The van der Waals surface area contributed by atoms with Gasteiger partial charge in [0.1, 0.15) is 16.0 Å². The minimum Gasteiger partial charge on any atom is -0.495 e. The first kappa shape index (κ1) is 15.3. The number of benzene rings is 1. The van der Waals surface area contributed by atoms with Gasteiger partial charge in [0.25, 0.3) is 0 Å². The fraction of sp³-hybridized carbons (Fsp3) is 0.571. The third kappa shape index (κ3) is 2.81. The first-order valence-electron chi connectivity index (χ1n) is 5.97. The molecule has 0 saturated heterocycles. The van der Waals surface area contributed by atoms with Crippen LogP contribution in [-0.2, 0) is 5.54 Å². The topological polar surface area (TPSA) is 44.5 Å². The van der Waals surface area contributed by atoms with Gasteiger partial charge in [-0.05, 0) is 47.3 Å². The zero-order valence-electron chi connectivity index (χ0n) is 11.9. The molecule has 0 radical (unpaired) electrons. The molecule has 0 aliphatic heterocycles. The molecule has 1 aromatic carbocycles. The molecule has 3 nitrogen and oxygen atoms in total. The van der Waals surface area contributed by atoms with E-state index in [0.29, 0.717) is 5.92 Å². The van der Waals surface area contributed by atoms with Crippen molar-refractivity contribution in [3.63, 3.8) is 0 Å². The summed E-state index contributed by atoms with van der Waals surface area (Å²) in [5.74, 6) is 1.90. The van der Waals surface area contributed by atoms with Crippen molar-refractivity contribution in [1.29, 1.82) is 0 Å². The van der Waals surface area contributed by atoms with Gasteiger partial charge in [-0.15, -0.1) is 0 Å². The number of rotatable bonds is 4. The predicted octanol–water partition coefficient (Wildman–Crippen LogP) is 3.78. The zero-order chi connectivity index (χ0) is 14.1. The van der Waals surface area contributed by atoms with Crippen molar-refractivity contribution < 1.29 is 9.47 Å². The summed E-state index contributed by atoms with van der Waals surface area (Å²) < 4.78 is 11.8. The number of hydrogen-bond acceptors (Lipinski definition) is 3. The van der Waals surface area contributed by atoms with Crippen LogP contribution in [-0.4, -0.2) is 14.2 Å². The summed E-state index contributed by atoms with van der Waals surface area (Å²) in [6.07, 6.45) is 0. The lowest BCUT2D eigenvalue weighted by molar-refractivity contribution is 0.372. The van der Waals surface area contributed by atoms with Crippen LogP contribution in [0, 0.1) is 0 Å². The molecule has 0 aliphatic carbocycles. The smallest absolute Gasteiger partial charge is 0.141 e. The van der Waals surface area contributed by atoms with E-state index in [2.05, 4.69) is 35.8 Å². The van der Waals surface area contributed by atoms with Crippen molar-refractivity contribution in [3.8, 4) is 11.5 Å². The molecule has 0 unspecified atom stereocenters. The van der Waals surface area contributed by atoms with Gasteiger partial charge in [0.2, 0.25) is 0 Å². The molecule has 4 heteroatoms. The largest absolute Gasteiger partial charge is 0.495 e. The molecule has 1 rings (SSSR count). The van der Waals surface area contributed by atoms with E-state index in [0.717, 1.165) is 27.1 Å². The molecule has 2 N–H and O–H groups in total. The van der Waals surface area contributed by atoms with Crippen molar-refractivity contribution in [2.24, 2.45) is 5.73 Å². The Balaban J connectivity index is 3.64. The average Bonchev–Trinajstić information content (AvgIpc) is 2.26. The third-order valence-corrected chi connectivity index (χ3v) is 3.65. The van der Waals surface area contributed by atoms with Crippen molar-refractivity contribution in [1.82, 2.24) is 0 Å². The molecule has 102 valence electrons. The van der Waals surface area contributed by atoms with Crippen molar-refractivity contribution in [2.75, 3.05) is 14.2 Å². The van der Waals surface area contributed by atoms with Crippen LogP contribution < -0.4 is 15.2 Å². The normalized spacial score (nSPS) is 11.8.